The second kappa shape index (κ2) is 21.5. The Morgan fingerprint density at radius 2 is 0.917 bits per heavy atom. The van der Waals surface area contributed by atoms with Crippen LogP contribution in [0.2, 0.25) is 0 Å². The molecule has 1 aliphatic heterocycles. The van der Waals surface area contributed by atoms with Crippen molar-refractivity contribution in [2.45, 2.75) is 138 Å². The lowest BCUT2D eigenvalue weighted by Crippen LogP contribution is -2.12. The van der Waals surface area contributed by atoms with E-state index in [1.807, 2.05) is 0 Å². The molecule has 2 heteroatoms. The first kappa shape index (κ1) is 38.1. The van der Waals surface area contributed by atoms with Gasteiger partial charge in [-0.2, -0.15) is 0 Å². The van der Waals surface area contributed by atoms with Gasteiger partial charge in [0, 0.05) is 64.6 Å². The second-order valence-electron chi connectivity index (χ2n) is 12.6. The summed E-state index contributed by atoms with van der Waals surface area (Å²) in [5.41, 5.74) is 9.78. The van der Waals surface area contributed by atoms with Gasteiger partial charge in [-0.1, -0.05) is 127 Å². The third kappa shape index (κ3) is 11.7. The molecule has 1 heterocycles. The monoisotopic (exact) mass is 636 g/mol. The Balaban J connectivity index is 2.25. The lowest BCUT2D eigenvalue weighted by Gasteiger charge is -2.10. The summed E-state index contributed by atoms with van der Waals surface area (Å²) in [6.45, 7) is 13.2. The molecule has 0 atom stereocenters. The zero-order valence-corrected chi connectivity index (χ0v) is 30.6. The Morgan fingerprint density at radius 1 is 0.542 bits per heavy atom. The molecule has 1 aliphatic rings. The van der Waals surface area contributed by atoms with E-state index in [2.05, 4.69) is 131 Å². The summed E-state index contributed by atoms with van der Waals surface area (Å²) in [6, 6.07) is 12.8. The van der Waals surface area contributed by atoms with Gasteiger partial charge in [0.05, 0.1) is 5.57 Å². The van der Waals surface area contributed by atoms with Gasteiger partial charge in [0.1, 0.15) is 0 Å². The maximum absolute atomic E-state index is 9.67. The van der Waals surface area contributed by atoms with Gasteiger partial charge in [-0.05, 0) is 75.4 Å². The molecular weight excluding hydrogens is 581 g/mol. The molecule has 2 aromatic carbocycles. The smallest absolute Gasteiger partial charge is 0.215 e. The predicted octanol–water partition coefficient (Wildman–Crippen LogP) is 12.2. The molecule has 0 aliphatic carbocycles. The first-order valence-corrected chi connectivity index (χ1v) is 18.5. The minimum absolute atomic E-state index is 0.883. The molecule has 0 aromatic heterocycles. The highest BCUT2D eigenvalue weighted by molar-refractivity contribution is 6.16. The van der Waals surface area contributed by atoms with E-state index in [-0.39, 0.29) is 0 Å². The lowest BCUT2D eigenvalue weighted by atomic mass is 9.93. The largest absolute Gasteiger partial charge is 0.448 e. The number of nitrogens with zero attached hydrogens (tertiary/aromatic N) is 1. The van der Waals surface area contributed by atoms with Gasteiger partial charge in [-0.25, -0.2) is 4.68 Å². The van der Waals surface area contributed by atoms with Gasteiger partial charge in [-0.15, -0.1) is 0 Å². The van der Waals surface area contributed by atoms with Crippen molar-refractivity contribution in [1.29, 1.82) is 0 Å². The van der Waals surface area contributed by atoms with E-state index in [9.17, 15) is 5.84 Å². The first-order chi connectivity index (χ1) is 23.5. The number of benzene rings is 2. The van der Waals surface area contributed by atoms with Gasteiger partial charge in [-0.3, -0.25) is 0 Å². The van der Waals surface area contributed by atoms with Crippen LogP contribution in [-0.2, 0) is 0 Å². The molecular formula is C46H56N2. The average Bonchev–Trinajstić information content (AvgIpc) is 3.33. The molecule has 250 valence electrons. The SMILES string of the molecule is CCCCC#Cc1cc(C#CCCCC)cc(C2=C(C)C(=CCCCC)C(c3cc(C#CCCCC)cc(C#CCCCC)c3)=[N+]2[NH-])c1. The van der Waals surface area contributed by atoms with Crippen molar-refractivity contribution in [3.8, 4) is 47.4 Å². The number of allylic oxidation sites excluding steroid dienone is 3. The van der Waals surface area contributed by atoms with Crippen molar-refractivity contribution >= 4 is 11.4 Å². The number of unbranched alkanes of at least 4 members (excludes halogenated alkanes) is 10. The minimum Gasteiger partial charge on any atom is -0.448 e. The third-order valence-corrected chi connectivity index (χ3v) is 8.33. The van der Waals surface area contributed by atoms with E-state index in [4.69, 9.17) is 0 Å². The Morgan fingerprint density at radius 3 is 1.29 bits per heavy atom. The van der Waals surface area contributed by atoms with Gasteiger partial charge < -0.3 is 5.84 Å². The Kier molecular flexibility index (Phi) is 17.1. The van der Waals surface area contributed by atoms with Crippen LogP contribution in [0, 0.1) is 47.4 Å². The van der Waals surface area contributed by atoms with Crippen molar-refractivity contribution in [3.63, 3.8) is 0 Å². The second-order valence-corrected chi connectivity index (χ2v) is 12.6. The van der Waals surface area contributed by atoms with E-state index in [1.165, 1.54) is 0 Å². The summed E-state index contributed by atoms with van der Waals surface area (Å²) in [5, 5.41) is 0. The quantitative estimate of drug-likeness (QED) is 0.119. The van der Waals surface area contributed by atoms with Gasteiger partial charge in [0.25, 0.3) is 0 Å². The van der Waals surface area contributed by atoms with Crippen molar-refractivity contribution in [2.24, 2.45) is 0 Å². The van der Waals surface area contributed by atoms with E-state index < -0.39 is 0 Å². The molecule has 0 bridgehead atoms. The van der Waals surface area contributed by atoms with E-state index >= 15 is 0 Å². The molecule has 2 aromatic rings. The highest BCUT2D eigenvalue weighted by atomic mass is 15.3. The number of rotatable bonds is 13. The van der Waals surface area contributed by atoms with Crippen molar-refractivity contribution in [2.75, 3.05) is 0 Å². The Hall–Kier alpha value is -4.37. The summed E-state index contributed by atoms with van der Waals surface area (Å²) in [7, 11) is 0. The van der Waals surface area contributed by atoms with Gasteiger partial charge in [0.2, 0.25) is 11.4 Å². The molecule has 1 N–H and O–H groups in total. The van der Waals surface area contributed by atoms with Gasteiger partial charge >= 0.3 is 0 Å². The minimum atomic E-state index is 0.883. The molecule has 0 saturated carbocycles. The molecule has 0 saturated heterocycles. The van der Waals surface area contributed by atoms with Crippen LogP contribution >= 0.6 is 0 Å². The molecule has 0 fully saturated rings. The fourth-order valence-electron chi connectivity index (χ4n) is 5.57. The van der Waals surface area contributed by atoms with Crippen LogP contribution in [-0.4, -0.2) is 10.4 Å². The Labute approximate surface area is 293 Å². The summed E-state index contributed by atoms with van der Waals surface area (Å²) >= 11 is 0. The van der Waals surface area contributed by atoms with Crippen LogP contribution < -0.4 is 0 Å². The van der Waals surface area contributed by atoms with Crippen molar-refractivity contribution in [1.82, 2.24) is 0 Å². The van der Waals surface area contributed by atoms with E-state index in [1.54, 1.807) is 4.68 Å². The predicted molar refractivity (Wildman–Crippen MR) is 207 cm³/mol. The van der Waals surface area contributed by atoms with E-state index in [0.717, 1.165) is 152 Å². The van der Waals surface area contributed by atoms with Crippen LogP contribution in [0.15, 0.2) is 53.6 Å². The fraction of sp³-hybridized carbons (Fsp3) is 0.457. The molecule has 0 radical (unpaired) electrons. The molecule has 0 amide bonds. The number of nitrogens with one attached hydrogen (secondary N) is 1. The van der Waals surface area contributed by atoms with Gasteiger partial charge in [0.15, 0.2) is 0 Å². The summed E-state index contributed by atoms with van der Waals surface area (Å²) in [4.78, 5) is 0. The first-order valence-electron chi connectivity index (χ1n) is 18.5. The molecule has 48 heavy (non-hydrogen) atoms. The van der Waals surface area contributed by atoms with Crippen molar-refractivity contribution < 1.29 is 4.68 Å². The molecule has 2 nitrogen and oxygen atoms in total. The summed E-state index contributed by atoms with van der Waals surface area (Å²) in [5.74, 6) is 36.8. The average molecular weight is 637 g/mol. The summed E-state index contributed by atoms with van der Waals surface area (Å²) in [6.07, 6.45) is 18.0. The zero-order chi connectivity index (χ0) is 34.6. The number of hydrogen-bond donors (Lipinski definition) is 0. The third-order valence-electron chi connectivity index (χ3n) is 8.33. The highest BCUT2D eigenvalue weighted by Crippen LogP contribution is 2.36. The zero-order valence-electron chi connectivity index (χ0n) is 30.6. The van der Waals surface area contributed by atoms with Crippen LogP contribution in [0.3, 0.4) is 0 Å². The van der Waals surface area contributed by atoms with Crippen LogP contribution in [0.5, 0.6) is 0 Å². The number of hydrogen-bond acceptors (Lipinski definition) is 0. The Bertz CT molecular complexity index is 1640. The highest BCUT2D eigenvalue weighted by Gasteiger charge is 2.33. The molecule has 3 rings (SSSR count). The van der Waals surface area contributed by atoms with Crippen molar-refractivity contribution in [3.05, 3.63) is 92.8 Å². The van der Waals surface area contributed by atoms with E-state index in [0.29, 0.717) is 0 Å². The van der Waals surface area contributed by atoms with Crippen LogP contribution in [0.25, 0.3) is 11.5 Å². The fourth-order valence-corrected chi connectivity index (χ4v) is 5.57. The molecule has 0 unspecified atom stereocenters. The van der Waals surface area contributed by atoms with Crippen LogP contribution in [0.1, 0.15) is 171 Å². The topological polar surface area (TPSA) is 26.8 Å². The summed E-state index contributed by atoms with van der Waals surface area (Å²) < 4.78 is 1.64. The van der Waals surface area contributed by atoms with Crippen LogP contribution in [0.4, 0.5) is 0 Å². The normalized spacial score (nSPS) is 12.9. The lowest BCUT2D eigenvalue weighted by molar-refractivity contribution is -0.347. The maximum atomic E-state index is 9.67. The maximum Gasteiger partial charge on any atom is 0.215 e. The molecule has 0 spiro atoms. The standard InChI is InChI=1S/C46H56N2/c1-7-12-17-22-26-38-31-39(27-23-18-13-8-2)34-42(33-38)45-37(6)44(30-21-16-11-5)46(48(45)47)43-35-40(28-24-19-14-9-3)32-41(36-43)29-25-20-15-10-4/h30-36,47H,7-21H2,1-6H3.